The van der Waals surface area contributed by atoms with Crippen LogP contribution in [-0.2, 0) is 25.2 Å². The van der Waals surface area contributed by atoms with E-state index in [2.05, 4.69) is 125 Å². The van der Waals surface area contributed by atoms with Crippen molar-refractivity contribution in [1.82, 2.24) is 0 Å². The number of carboxylic acids is 1. The van der Waals surface area contributed by atoms with Crippen molar-refractivity contribution in [2.75, 3.05) is 9.91 Å². The summed E-state index contributed by atoms with van der Waals surface area (Å²) >= 11 is 0. The number of hydrogen-bond acceptors (Lipinski definition) is 4. The second kappa shape index (κ2) is 18.7. The van der Waals surface area contributed by atoms with E-state index in [1.165, 1.54) is 27.0 Å². The van der Waals surface area contributed by atoms with Gasteiger partial charge in [-0.2, -0.15) is 23.7 Å². The minimum atomic E-state index is -0.833. The molecule has 0 fully saturated rings. The number of para-hydroxylation sites is 2. The van der Waals surface area contributed by atoms with Gasteiger partial charge in [-0.05, 0) is 59.8 Å². The third-order valence-corrected chi connectivity index (χ3v) is 10.5. The van der Waals surface area contributed by atoms with E-state index < -0.39 is 13.9 Å². The molecule has 5 nitrogen and oxygen atoms in total. The summed E-state index contributed by atoms with van der Waals surface area (Å²) in [7, 11) is -0.571. The van der Waals surface area contributed by atoms with E-state index in [1.54, 1.807) is 5.01 Å². The molecule has 0 bridgehead atoms. The first kappa shape index (κ1) is 37.8. The molecule has 6 aromatic carbocycles. The van der Waals surface area contributed by atoms with Crippen LogP contribution in [0.5, 0.6) is 0 Å². The summed E-state index contributed by atoms with van der Waals surface area (Å²) in [6, 6.07) is 56.3. The third kappa shape index (κ3) is 9.81. The van der Waals surface area contributed by atoms with E-state index in [0.29, 0.717) is 0 Å². The number of amidine groups is 1. The van der Waals surface area contributed by atoms with Gasteiger partial charge in [-0.3, -0.25) is 9.69 Å². The predicted octanol–water partition coefficient (Wildman–Crippen LogP) is 8.70. The van der Waals surface area contributed by atoms with Gasteiger partial charge in [0.15, 0.2) is 5.84 Å². The Morgan fingerprint density at radius 3 is 1.50 bits per heavy atom. The van der Waals surface area contributed by atoms with Crippen LogP contribution in [-0.4, -0.2) is 16.9 Å². The summed E-state index contributed by atoms with van der Waals surface area (Å²) in [5.74, 6) is 0.0284. The Hall–Kier alpha value is -4.98. The maximum atomic E-state index is 9.00. The Balaban J connectivity index is 0.000000200. The van der Waals surface area contributed by atoms with Crippen LogP contribution < -0.4 is 25.8 Å². The number of nitrogens with zero attached hydrogens (tertiary/aromatic N) is 3. The van der Waals surface area contributed by atoms with Crippen LogP contribution in [0.1, 0.15) is 29.2 Å². The summed E-state index contributed by atoms with van der Waals surface area (Å²) in [5, 5.41) is 18.1. The zero-order valence-electron chi connectivity index (χ0n) is 28.3. The summed E-state index contributed by atoms with van der Waals surface area (Å²) in [5.41, 5.74) is 6.90. The zero-order valence-corrected chi connectivity index (χ0v) is 30.7. The molecule has 7 rings (SSSR count). The van der Waals surface area contributed by atoms with Crippen LogP contribution in [0.2, 0.25) is 0 Å². The van der Waals surface area contributed by atoms with Gasteiger partial charge in [-0.15, -0.1) is 17.4 Å². The van der Waals surface area contributed by atoms with Crippen molar-refractivity contribution in [2.24, 2.45) is 5.10 Å². The number of aliphatic carboxylic acids is 1. The molecule has 0 aromatic heterocycles. The molecule has 1 aliphatic rings. The topological polar surface area (TPSA) is 56.1 Å². The van der Waals surface area contributed by atoms with Crippen molar-refractivity contribution < 1.29 is 30.3 Å². The summed E-state index contributed by atoms with van der Waals surface area (Å²) < 4.78 is 0. The number of rotatable bonds is 6. The fourth-order valence-corrected chi connectivity index (χ4v) is 7.97. The normalized spacial score (nSPS) is 11.7. The van der Waals surface area contributed by atoms with Crippen molar-refractivity contribution in [3.63, 3.8) is 0 Å². The third-order valence-electron chi connectivity index (χ3n) is 7.59. The largest absolute Gasteiger partial charge is 0.481 e. The van der Waals surface area contributed by atoms with E-state index in [1.807, 2.05) is 71.6 Å². The van der Waals surface area contributed by atoms with Gasteiger partial charge in [-0.25, -0.2) is 5.01 Å². The molecule has 2 radical (unpaired) electrons. The molecule has 0 saturated heterocycles. The minimum Gasteiger partial charge on any atom is -0.481 e. The monoisotopic (exact) mass is 766 g/mol. The molecule has 7 heteroatoms. The molecule has 0 aliphatic carbocycles. The number of hydrazone groups is 1. The van der Waals surface area contributed by atoms with Crippen molar-refractivity contribution >= 4 is 47.0 Å². The van der Waals surface area contributed by atoms with Crippen molar-refractivity contribution in [3.8, 4) is 0 Å². The van der Waals surface area contributed by atoms with Gasteiger partial charge in [0.1, 0.15) is 0 Å². The Morgan fingerprint density at radius 2 is 1.02 bits per heavy atom. The van der Waals surface area contributed by atoms with E-state index in [0.717, 1.165) is 35.3 Å². The molecular formula is C43H39N3O2PPd-. The first-order valence-corrected chi connectivity index (χ1v) is 17.3. The first-order chi connectivity index (χ1) is 23.8. The van der Waals surface area contributed by atoms with E-state index >= 15 is 0 Å². The molecule has 1 N–H and O–H groups in total. The molecule has 1 heterocycles. The van der Waals surface area contributed by atoms with Crippen molar-refractivity contribution in [2.45, 2.75) is 20.8 Å². The Kier molecular flexibility index (Phi) is 14.1. The van der Waals surface area contributed by atoms with Crippen LogP contribution in [0.25, 0.3) is 0 Å². The van der Waals surface area contributed by atoms with Gasteiger partial charge >= 0.3 is 0 Å². The smallest absolute Gasteiger partial charge is 0.300 e. The van der Waals surface area contributed by atoms with Crippen LogP contribution >= 0.6 is 7.92 Å². The number of carboxylic acid groups (broad SMARTS) is 1. The molecule has 0 unspecified atom stereocenters. The average Bonchev–Trinajstić information content (AvgIpc) is 3.58. The van der Waals surface area contributed by atoms with Gasteiger partial charge in [0, 0.05) is 38.6 Å². The predicted molar refractivity (Wildman–Crippen MR) is 206 cm³/mol. The Morgan fingerprint density at radius 1 is 0.620 bits per heavy atom. The van der Waals surface area contributed by atoms with Crippen LogP contribution in [0.3, 0.4) is 0 Å². The van der Waals surface area contributed by atoms with E-state index in [9.17, 15) is 0 Å². The molecule has 0 amide bonds. The van der Waals surface area contributed by atoms with Crippen molar-refractivity contribution in [1.29, 1.82) is 0 Å². The van der Waals surface area contributed by atoms with Crippen LogP contribution in [0.4, 0.5) is 11.4 Å². The molecule has 6 aromatic rings. The van der Waals surface area contributed by atoms with Crippen LogP contribution in [0.15, 0.2) is 169 Å². The first-order valence-electron chi connectivity index (χ1n) is 16.0. The summed E-state index contributed by atoms with van der Waals surface area (Å²) in [4.78, 5) is 11.0. The fraction of sp³-hybridized carbons (Fsp3) is 0.0698. The van der Waals surface area contributed by atoms with E-state index in [4.69, 9.17) is 15.0 Å². The molecule has 0 atom stereocenters. The molecule has 1 aliphatic heterocycles. The SMILES string of the molecule is CC(=O)O.[CH2-]c1ccccc1P(c1ccccc1C)c1ccccc1C.[C]1N(c2ccccc2)N=C(c2ccccc2)N1c1ccccc1.[Pd]. The molecule has 0 saturated carbocycles. The maximum absolute atomic E-state index is 9.00. The van der Waals surface area contributed by atoms with Crippen LogP contribution in [0, 0.1) is 27.4 Å². The number of anilines is 2. The van der Waals surface area contributed by atoms with Crippen molar-refractivity contribution in [3.05, 3.63) is 200 Å². The molecule has 0 spiro atoms. The molecule has 50 heavy (non-hydrogen) atoms. The molecular weight excluding hydrogens is 728 g/mol. The second-order valence-electron chi connectivity index (χ2n) is 11.3. The summed E-state index contributed by atoms with van der Waals surface area (Å²) in [6.45, 7) is 13.1. The van der Waals surface area contributed by atoms with Gasteiger partial charge in [0.2, 0.25) is 6.67 Å². The average molecular weight is 767 g/mol. The van der Waals surface area contributed by atoms with Gasteiger partial charge in [-0.1, -0.05) is 129 Å². The number of aryl methyl sites for hydroxylation is 2. The van der Waals surface area contributed by atoms with E-state index in [-0.39, 0.29) is 20.4 Å². The van der Waals surface area contributed by atoms with Gasteiger partial charge in [0.05, 0.1) is 5.69 Å². The number of carbonyl (C=O) groups is 1. The number of benzene rings is 6. The Labute approximate surface area is 311 Å². The zero-order chi connectivity index (χ0) is 34.6. The standard InChI is InChI=1S/C21H20P.C20H15N3.C2H4O2.Pd/c1-16-10-4-7-13-19(16)22(20-14-8-5-11-17(20)2)21-15-9-6-12-18(21)3;1-4-10-17(11-5-1)20-21-23(19-14-8-3-9-15-19)16-22(20)18-12-6-2-7-13-18;1-2(3)4;/h4-15H,1H2,2-3H3;1-15H;1H3,(H,3,4);/q-1;;;. The fourth-order valence-electron chi connectivity index (χ4n) is 5.27. The quantitative estimate of drug-likeness (QED) is 0.105. The Bertz CT molecular complexity index is 1880. The van der Waals surface area contributed by atoms with Gasteiger partial charge in [0.25, 0.3) is 5.97 Å². The maximum Gasteiger partial charge on any atom is 0.300 e. The minimum absolute atomic E-state index is 0. The molecule has 254 valence electrons. The number of hydrogen-bond donors (Lipinski definition) is 1. The second-order valence-corrected chi connectivity index (χ2v) is 13.4. The van der Waals surface area contributed by atoms with Gasteiger partial charge < -0.3 is 5.11 Å². The summed E-state index contributed by atoms with van der Waals surface area (Å²) in [6.07, 6.45) is 0.